The topological polar surface area (TPSA) is 47.7 Å². The number of nitrogens with two attached hydrogens (primary N) is 1. The normalized spacial score (nSPS) is 15.1. The van der Waals surface area contributed by atoms with Crippen molar-refractivity contribution in [3.05, 3.63) is 0 Å². The van der Waals surface area contributed by atoms with Gasteiger partial charge in [0.25, 0.3) is 0 Å². The molecule has 0 saturated heterocycles. The monoisotopic (exact) mass is 248 g/mol. The lowest BCUT2D eigenvalue weighted by Crippen LogP contribution is -2.45. The van der Waals surface area contributed by atoms with Gasteiger partial charge in [-0.05, 0) is 13.8 Å². The highest BCUT2D eigenvalue weighted by Gasteiger charge is 2.20. The number of ether oxygens (including phenoxy) is 2. The van der Waals surface area contributed by atoms with Crippen molar-refractivity contribution in [3.63, 3.8) is 0 Å². The quantitative estimate of drug-likeness (QED) is 0.618. The van der Waals surface area contributed by atoms with Crippen molar-refractivity contribution < 1.29 is 9.47 Å². The summed E-state index contributed by atoms with van der Waals surface area (Å²) in [5.74, 6) is 0. The van der Waals surface area contributed by atoms with Gasteiger partial charge in [-0.2, -0.15) is 0 Å². The summed E-state index contributed by atoms with van der Waals surface area (Å²) in [5.41, 5.74) is 5.58. The average molecular weight is 248 g/mol. The molecule has 96 valence electrons. The molecule has 4 nitrogen and oxygen atoms in total. The molecule has 2 N–H and O–H groups in total. The van der Waals surface area contributed by atoms with Gasteiger partial charge in [0.1, 0.15) is 0 Å². The minimum Gasteiger partial charge on any atom is -0.393 e. The highest BCUT2D eigenvalue weighted by atomic mass is 32.1. The van der Waals surface area contributed by atoms with Crippen LogP contribution in [0.15, 0.2) is 0 Å². The van der Waals surface area contributed by atoms with Crippen LogP contribution in [-0.2, 0) is 9.47 Å². The minimum absolute atomic E-state index is 0.317. The Balaban J connectivity index is 4.32. The number of thiocarbonyl (C=S) groups is 1. The molecule has 0 radical (unpaired) electrons. The van der Waals surface area contributed by atoms with Crippen LogP contribution < -0.4 is 5.73 Å². The van der Waals surface area contributed by atoms with Crippen LogP contribution in [-0.4, -0.2) is 56.0 Å². The number of nitrogens with zero attached hydrogens (tertiary/aromatic N) is 1. The Bertz CT molecular complexity index is 202. The molecule has 0 aliphatic heterocycles. The van der Waals surface area contributed by atoms with Crippen molar-refractivity contribution in [2.45, 2.75) is 32.4 Å². The average Bonchev–Trinajstić information content (AvgIpc) is 2.17. The first-order valence-electron chi connectivity index (χ1n) is 5.54. The van der Waals surface area contributed by atoms with Crippen molar-refractivity contribution in [2.75, 3.05) is 34.0 Å². The molecule has 0 rings (SSSR count). The lowest BCUT2D eigenvalue weighted by Gasteiger charge is -2.33. The zero-order chi connectivity index (χ0) is 12.6. The number of methoxy groups -OCH3 is 2. The standard InChI is InChI=1S/C11H24N2O2S/c1-9(7-11(12)16)13(5-6-14-3)10(2)8-15-4/h9-10H,5-8H2,1-4H3,(H2,12,16). The van der Waals surface area contributed by atoms with Crippen LogP contribution in [0.25, 0.3) is 0 Å². The van der Waals surface area contributed by atoms with Crippen LogP contribution in [0.1, 0.15) is 20.3 Å². The summed E-state index contributed by atoms with van der Waals surface area (Å²) in [6.45, 7) is 6.53. The van der Waals surface area contributed by atoms with Gasteiger partial charge in [0.15, 0.2) is 0 Å². The van der Waals surface area contributed by atoms with E-state index < -0.39 is 0 Å². The van der Waals surface area contributed by atoms with E-state index in [4.69, 9.17) is 27.4 Å². The zero-order valence-electron chi connectivity index (χ0n) is 10.7. The van der Waals surface area contributed by atoms with Crippen LogP contribution in [0.4, 0.5) is 0 Å². The van der Waals surface area contributed by atoms with E-state index in [0.717, 1.165) is 13.0 Å². The summed E-state index contributed by atoms with van der Waals surface area (Å²) in [4.78, 5) is 2.87. The molecule has 0 saturated carbocycles. The fourth-order valence-electron chi connectivity index (χ4n) is 1.82. The molecule has 0 amide bonds. The van der Waals surface area contributed by atoms with E-state index >= 15 is 0 Å². The molecular weight excluding hydrogens is 224 g/mol. The van der Waals surface area contributed by atoms with Gasteiger partial charge in [-0.3, -0.25) is 4.90 Å². The predicted octanol–water partition coefficient (Wildman–Crippen LogP) is 1.03. The molecule has 0 bridgehead atoms. The number of hydrogen-bond donors (Lipinski definition) is 1. The third kappa shape index (κ3) is 6.37. The van der Waals surface area contributed by atoms with E-state index in [9.17, 15) is 0 Å². The molecule has 0 fully saturated rings. The van der Waals surface area contributed by atoms with E-state index in [0.29, 0.717) is 30.3 Å². The molecule has 2 unspecified atom stereocenters. The molecular formula is C11H24N2O2S. The van der Waals surface area contributed by atoms with Gasteiger partial charge >= 0.3 is 0 Å². The summed E-state index contributed by atoms with van der Waals surface area (Å²) in [6, 6.07) is 0.655. The third-order valence-electron chi connectivity index (χ3n) is 2.59. The number of rotatable bonds is 9. The predicted molar refractivity (Wildman–Crippen MR) is 70.8 cm³/mol. The van der Waals surface area contributed by atoms with Crippen LogP contribution in [0, 0.1) is 0 Å². The lowest BCUT2D eigenvalue weighted by molar-refractivity contribution is 0.0536. The smallest absolute Gasteiger partial charge is 0.0742 e. The Labute approximate surface area is 104 Å². The van der Waals surface area contributed by atoms with Crippen molar-refractivity contribution in [3.8, 4) is 0 Å². The zero-order valence-corrected chi connectivity index (χ0v) is 11.5. The fraction of sp³-hybridized carbons (Fsp3) is 0.909. The van der Waals surface area contributed by atoms with E-state index in [-0.39, 0.29) is 0 Å². The second-order valence-electron chi connectivity index (χ2n) is 4.05. The van der Waals surface area contributed by atoms with E-state index in [1.807, 2.05) is 0 Å². The summed E-state index contributed by atoms with van der Waals surface area (Å²) in [7, 11) is 3.42. The molecule has 0 aliphatic rings. The van der Waals surface area contributed by atoms with E-state index in [1.54, 1.807) is 14.2 Å². The van der Waals surface area contributed by atoms with Crippen LogP contribution in [0.3, 0.4) is 0 Å². The van der Waals surface area contributed by atoms with E-state index in [2.05, 4.69) is 18.7 Å². The van der Waals surface area contributed by atoms with Crippen LogP contribution >= 0.6 is 12.2 Å². The van der Waals surface area contributed by atoms with Gasteiger partial charge in [0.05, 0.1) is 18.2 Å². The Morgan fingerprint density at radius 2 is 1.88 bits per heavy atom. The van der Waals surface area contributed by atoms with Crippen molar-refractivity contribution in [1.29, 1.82) is 0 Å². The van der Waals surface area contributed by atoms with Crippen molar-refractivity contribution in [1.82, 2.24) is 4.90 Å². The van der Waals surface area contributed by atoms with Gasteiger partial charge in [0, 0.05) is 39.3 Å². The molecule has 0 aliphatic carbocycles. The fourth-order valence-corrected chi connectivity index (χ4v) is 2.06. The van der Waals surface area contributed by atoms with Gasteiger partial charge in [-0.25, -0.2) is 0 Å². The van der Waals surface area contributed by atoms with E-state index in [1.165, 1.54) is 0 Å². The lowest BCUT2D eigenvalue weighted by atomic mass is 10.1. The first-order valence-corrected chi connectivity index (χ1v) is 5.95. The highest BCUT2D eigenvalue weighted by molar-refractivity contribution is 7.80. The second kappa shape index (κ2) is 8.87. The summed E-state index contributed by atoms with van der Waals surface area (Å²) < 4.78 is 10.3. The second-order valence-corrected chi connectivity index (χ2v) is 4.58. The van der Waals surface area contributed by atoms with Gasteiger partial charge in [-0.15, -0.1) is 0 Å². The molecule has 0 spiro atoms. The Morgan fingerprint density at radius 1 is 1.25 bits per heavy atom. The summed E-state index contributed by atoms with van der Waals surface area (Å²) in [5, 5.41) is 0. The maximum Gasteiger partial charge on any atom is 0.0742 e. The summed E-state index contributed by atoms with van der Waals surface area (Å²) >= 11 is 4.94. The maximum atomic E-state index is 5.58. The number of hydrogen-bond acceptors (Lipinski definition) is 4. The molecule has 5 heteroatoms. The first kappa shape index (κ1) is 15.8. The third-order valence-corrected chi connectivity index (χ3v) is 2.76. The SMILES string of the molecule is COCCN(C(C)COC)C(C)CC(N)=S. The van der Waals surface area contributed by atoms with Crippen LogP contribution in [0.5, 0.6) is 0 Å². The minimum atomic E-state index is 0.317. The Hall–Kier alpha value is -0.230. The molecule has 0 aromatic carbocycles. The van der Waals surface area contributed by atoms with Crippen molar-refractivity contribution >= 4 is 17.2 Å². The molecule has 0 aromatic rings. The van der Waals surface area contributed by atoms with Gasteiger partial charge in [-0.1, -0.05) is 12.2 Å². The first-order chi connectivity index (χ1) is 7.52. The van der Waals surface area contributed by atoms with Crippen molar-refractivity contribution in [2.24, 2.45) is 5.73 Å². The maximum absolute atomic E-state index is 5.58. The summed E-state index contributed by atoms with van der Waals surface area (Å²) in [6.07, 6.45) is 0.729. The Kier molecular flexibility index (Phi) is 8.74. The molecule has 16 heavy (non-hydrogen) atoms. The molecule has 2 atom stereocenters. The van der Waals surface area contributed by atoms with Gasteiger partial charge in [0.2, 0.25) is 0 Å². The highest BCUT2D eigenvalue weighted by Crippen LogP contribution is 2.09. The van der Waals surface area contributed by atoms with Gasteiger partial charge < -0.3 is 15.2 Å². The van der Waals surface area contributed by atoms with Crippen LogP contribution in [0.2, 0.25) is 0 Å². The molecule has 0 aromatic heterocycles. The largest absolute Gasteiger partial charge is 0.393 e. The molecule has 0 heterocycles. The Morgan fingerprint density at radius 3 is 2.31 bits per heavy atom.